The highest BCUT2D eigenvalue weighted by atomic mass is 32.2. The van der Waals surface area contributed by atoms with Crippen molar-refractivity contribution >= 4 is 11.8 Å². The first-order valence-corrected chi connectivity index (χ1v) is 8.17. The van der Waals surface area contributed by atoms with Crippen LogP contribution in [-0.4, -0.2) is 18.6 Å². The maximum Gasteiger partial charge on any atom is 0.217 e. The third-order valence-corrected chi connectivity index (χ3v) is 4.35. The maximum atomic E-state index is 5.29. The number of aromatic nitrogens is 1. The third-order valence-electron chi connectivity index (χ3n) is 3.31. The van der Waals surface area contributed by atoms with Crippen LogP contribution in [0.25, 0.3) is 0 Å². The van der Waals surface area contributed by atoms with E-state index in [9.17, 15) is 0 Å². The molecule has 0 aliphatic heterocycles. The van der Waals surface area contributed by atoms with Gasteiger partial charge < -0.3 is 10.1 Å². The Balaban J connectivity index is 2.05. The van der Waals surface area contributed by atoms with E-state index >= 15 is 0 Å². The van der Waals surface area contributed by atoms with Crippen LogP contribution >= 0.6 is 11.8 Å². The van der Waals surface area contributed by atoms with Gasteiger partial charge in [-0.1, -0.05) is 25.1 Å². The first-order valence-electron chi connectivity index (χ1n) is 7.18. The van der Waals surface area contributed by atoms with Crippen molar-refractivity contribution in [3.63, 3.8) is 0 Å². The highest BCUT2D eigenvalue weighted by Gasteiger charge is 2.07. The minimum absolute atomic E-state index is 0.378. The molecule has 0 fully saturated rings. The smallest absolute Gasteiger partial charge is 0.217 e. The molecule has 0 saturated carbocycles. The molecular formula is C17H22N2OS. The topological polar surface area (TPSA) is 34.2 Å². The van der Waals surface area contributed by atoms with Gasteiger partial charge in [-0.25, -0.2) is 4.98 Å². The standard InChI is InChI=1S/C17H22N2OS/c1-4-18-13(2)14-7-5-9-16(11-14)21-12-15-8-6-10-19-17(15)20-3/h5-11,13,18H,4,12H2,1-3H3. The normalized spacial score (nSPS) is 12.1. The second kappa shape index (κ2) is 8.05. The number of nitrogens with zero attached hydrogens (tertiary/aromatic N) is 1. The average molecular weight is 302 g/mol. The molecule has 1 N–H and O–H groups in total. The molecule has 1 unspecified atom stereocenters. The monoisotopic (exact) mass is 302 g/mol. The Labute approximate surface area is 131 Å². The Morgan fingerprint density at radius 2 is 2.14 bits per heavy atom. The van der Waals surface area contributed by atoms with Crippen molar-refractivity contribution in [1.82, 2.24) is 10.3 Å². The second-order valence-corrected chi connectivity index (χ2v) is 5.86. The van der Waals surface area contributed by atoms with Crippen molar-refractivity contribution in [3.8, 4) is 5.88 Å². The predicted octanol–water partition coefficient (Wildman–Crippen LogP) is 4.05. The van der Waals surface area contributed by atoms with Gasteiger partial charge >= 0.3 is 0 Å². The van der Waals surface area contributed by atoms with E-state index in [-0.39, 0.29) is 0 Å². The van der Waals surface area contributed by atoms with Gasteiger partial charge in [-0.15, -0.1) is 11.8 Å². The zero-order chi connectivity index (χ0) is 15.1. The van der Waals surface area contributed by atoms with Crippen LogP contribution in [0.1, 0.15) is 31.0 Å². The molecule has 0 radical (unpaired) electrons. The van der Waals surface area contributed by atoms with Crippen LogP contribution in [0.3, 0.4) is 0 Å². The highest BCUT2D eigenvalue weighted by molar-refractivity contribution is 7.98. The van der Waals surface area contributed by atoms with Crippen LogP contribution in [0.15, 0.2) is 47.5 Å². The molecule has 112 valence electrons. The van der Waals surface area contributed by atoms with Crippen molar-refractivity contribution in [2.24, 2.45) is 0 Å². The van der Waals surface area contributed by atoms with Gasteiger partial charge in [0.1, 0.15) is 0 Å². The van der Waals surface area contributed by atoms with Gasteiger partial charge in [-0.3, -0.25) is 0 Å². The van der Waals surface area contributed by atoms with Crippen molar-refractivity contribution in [2.45, 2.75) is 30.5 Å². The van der Waals surface area contributed by atoms with Crippen LogP contribution in [0.4, 0.5) is 0 Å². The molecule has 0 aliphatic rings. The molecular weight excluding hydrogens is 280 g/mol. The molecule has 1 heterocycles. The Morgan fingerprint density at radius 3 is 2.90 bits per heavy atom. The summed E-state index contributed by atoms with van der Waals surface area (Å²) in [7, 11) is 1.66. The molecule has 0 amide bonds. The SMILES string of the molecule is CCNC(C)c1cccc(SCc2cccnc2OC)c1. The summed E-state index contributed by atoms with van der Waals surface area (Å²) < 4.78 is 5.29. The number of benzene rings is 1. The Kier molecular flexibility index (Phi) is 6.08. The minimum Gasteiger partial charge on any atom is -0.481 e. The molecule has 1 atom stereocenters. The molecule has 1 aromatic carbocycles. The summed E-state index contributed by atoms with van der Waals surface area (Å²) in [5.41, 5.74) is 2.44. The van der Waals surface area contributed by atoms with E-state index in [2.05, 4.69) is 54.5 Å². The lowest BCUT2D eigenvalue weighted by atomic mass is 10.1. The summed E-state index contributed by atoms with van der Waals surface area (Å²) in [4.78, 5) is 5.50. The number of rotatable bonds is 7. The third kappa shape index (κ3) is 4.48. The lowest BCUT2D eigenvalue weighted by molar-refractivity contribution is 0.394. The molecule has 0 bridgehead atoms. The molecule has 0 aliphatic carbocycles. The average Bonchev–Trinajstić information content (AvgIpc) is 2.53. The fourth-order valence-electron chi connectivity index (χ4n) is 2.18. The number of ether oxygens (including phenoxy) is 1. The van der Waals surface area contributed by atoms with E-state index in [4.69, 9.17) is 4.74 Å². The van der Waals surface area contributed by atoms with Crippen LogP contribution in [-0.2, 0) is 5.75 Å². The van der Waals surface area contributed by atoms with Crippen LogP contribution in [0.2, 0.25) is 0 Å². The van der Waals surface area contributed by atoms with E-state index in [1.807, 2.05) is 6.07 Å². The molecule has 3 nitrogen and oxygen atoms in total. The molecule has 1 aromatic heterocycles. The molecule has 0 spiro atoms. The van der Waals surface area contributed by atoms with Crippen LogP contribution in [0.5, 0.6) is 5.88 Å². The van der Waals surface area contributed by atoms with Crippen LogP contribution in [0, 0.1) is 0 Å². The summed E-state index contributed by atoms with van der Waals surface area (Å²) in [6, 6.07) is 13.1. The van der Waals surface area contributed by atoms with E-state index < -0.39 is 0 Å². The number of hydrogen-bond acceptors (Lipinski definition) is 4. The maximum absolute atomic E-state index is 5.29. The van der Waals surface area contributed by atoms with Crippen molar-refractivity contribution in [1.29, 1.82) is 0 Å². The molecule has 21 heavy (non-hydrogen) atoms. The number of nitrogens with one attached hydrogen (secondary N) is 1. The Hall–Kier alpha value is -1.52. The van der Waals surface area contributed by atoms with Gasteiger partial charge in [0.05, 0.1) is 7.11 Å². The summed E-state index contributed by atoms with van der Waals surface area (Å²) in [6.07, 6.45) is 1.76. The van der Waals surface area contributed by atoms with Gasteiger partial charge in [0, 0.05) is 28.5 Å². The lowest BCUT2D eigenvalue weighted by Crippen LogP contribution is -2.17. The molecule has 0 saturated heterocycles. The van der Waals surface area contributed by atoms with E-state index in [1.54, 1.807) is 25.1 Å². The zero-order valence-electron chi connectivity index (χ0n) is 12.8. The largest absolute Gasteiger partial charge is 0.481 e. The number of thioether (sulfide) groups is 1. The fraction of sp³-hybridized carbons (Fsp3) is 0.353. The summed E-state index contributed by atoms with van der Waals surface area (Å²) in [6.45, 7) is 5.30. The predicted molar refractivity (Wildman–Crippen MR) is 88.9 cm³/mol. The quantitative estimate of drug-likeness (QED) is 0.782. The summed E-state index contributed by atoms with van der Waals surface area (Å²) >= 11 is 1.80. The van der Waals surface area contributed by atoms with E-state index in [1.165, 1.54) is 10.5 Å². The van der Waals surface area contributed by atoms with Gasteiger partial charge in [0.2, 0.25) is 5.88 Å². The van der Waals surface area contributed by atoms with Gasteiger partial charge in [0.25, 0.3) is 0 Å². The number of methoxy groups -OCH3 is 1. The molecule has 2 aromatic rings. The van der Waals surface area contributed by atoms with E-state index in [0.29, 0.717) is 11.9 Å². The van der Waals surface area contributed by atoms with Gasteiger partial charge in [-0.05, 0) is 37.2 Å². The number of pyridine rings is 1. The van der Waals surface area contributed by atoms with Crippen molar-refractivity contribution < 1.29 is 4.74 Å². The zero-order valence-corrected chi connectivity index (χ0v) is 13.6. The Morgan fingerprint density at radius 1 is 1.29 bits per heavy atom. The Bertz CT molecular complexity index is 574. The second-order valence-electron chi connectivity index (χ2n) is 4.81. The summed E-state index contributed by atoms with van der Waals surface area (Å²) in [5.74, 6) is 1.57. The van der Waals surface area contributed by atoms with Crippen molar-refractivity contribution in [2.75, 3.05) is 13.7 Å². The fourth-order valence-corrected chi connectivity index (χ4v) is 3.11. The van der Waals surface area contributed by atoms with Gasteiger partial charge in [0.15, 0.2) is 0 Å². The first-order chi connectivity index (χ1) is 10.2. The highest BCUT2D eigenvalue weighted by Crippen LogP contribution is 2.28. The lowest BCUT2D eigenvalue weighted by Gasteiger charge is -2.14. The van der Waals surface area contributed by atoms with Crippen molar-refractivity contribution in [3.05, 3.63) is 53.7 Å². The van der Waals surface area contributed by atoms with Crippen LogP contribution < -0.4 is 10.1 Å². The van der Waals surface area contributed by atoms with E-state index in [0.717, 1.165) is 17.9 Å². The molecule has 2 rings (SSSR count). The minimum atomic E-state index is 0.378. The first kappa shape index (κ1) is 15.9. The van der Waals surface area contributed by atoms with Gasteiger partial charge in [-0.2, -0.15) is 0 Å². The molecule has 4 heteroatoms. The summed E-state index contributed by atoms with van der Waals surface area (Å²) in [5, 5.41) is 3.44. The number of hydrogen-bond donors (Lipinski definition) is 1.